The molecular formula is C30H27FN2O2. The van der Waals surface area contributed by atoms with Gasteiger partial charge in [0.2, 0.25) is 5.91 Å². The monoisotopic (exact) mass is 466 g/mol. The molecular weight excluding hydrogens is 439 g/mol. The van der Waals surface area contributed by atoms with E-state index in [2.05, 4.69) is 5.32 Å². The second-order valence-electron chi connectivity index (χ2n) is 8.43. The molecule has 1 N–H and O–H groups in total. The van der Waals surface area contributed by atoms with Gasteiger partial charge in [-0.2, -0.15) is 0 Å². The number of hydrogen-bond acceptors (Lipinski definition) is 2. The number of rotatable bonds is 8. The topological polar surface area (TPSA) is 49.4 Å². The van der Waals surface area contributed by atoms with E-state index in [9.17, 15) is 14.0 Å². The molecule has 0 aromatic heterocycles. The van der Waals surface area contributed by atoms with Gasteiger partial charge in [-0.1, -0.05) is 72.8 Å². The van der Waals surface area contributed by atoms with Crippen molar-refractivity contribution in [2.45, 2.75) is 25.9 Å². The normalized spacial score (nSPS) is 11.5. The molecule has 2 amide bonds. The van der Waals surface area contributed by atoms with E-state index in [1.54, 1.807) is 29.2 Å². The molecule has 0 fully saturated rings. The number of halogens is 1. The Balaban J connectivity index is 1.49. The Kier molecular flexibility index (Phi) is 7.68. The molecule has 0 aliphatic heterocycles. The first kappa shape index (κ1) is 23.9. The van der Waals surface area contributed by atoms with Crippen molar-refractivity contribution in [3.63, 3.8) is 0 Å². The van der Waals surface area contributed by atoms with E-state index in [1.807, 2.05) is 79.7 Å². The molecule has 0 heterocycles. The van der Waals surface area contributed by atoms with Gasteiger partial charge in [-0.25, -0.2) is 4.39 Å². The van der Waals surface area contributed by atoms with Crippen molar-refractivity contribution in [3.8, 4) is 0 Å². The molecule has 0 aliphatic carbocycles. The van der Waals surface area contributed by atoms with Crippen molar-refractivity contribution in [3.05, 3.63) is 137 Å². The molecule has 0 saturated heterocycles. The first-order valence-corrected chi connectivity index (χ1v) is 11.5. The third-order valence-electron chi connectivity index (χ3n) is 5.81. The molecule has 0 unspecified atom stereocenters. The number of carbonyl (C=O) groups excluding carboxylic acids is 2. The van der Waals surface area contributed by atoms with E-state index in [-0.39, 0.29) is 30.1 Å². The summed E-state index contributed by atoms with van der Waals surface area (Å²) in [6.07, 6.45) is 0.238. The number of carbonyl (C=O) groups is 2. The van der Waals surface area contributed by atoms with Crippen LogP contribution in [0.25, 0.3) is 0 Å². The van der Waals surface area contributed by atoms with Gasteiger partial charge in [0.25, 0.3) is 5.91 Å². The van der Waals surface area contributed by atoms with Crippen LogP contribution in [-0.4, -0.2) is 11.8 Å². The number of hydrogen-bond donors (Lipinski definition) is 1. The summed E-state index contributed by atoms with van der Waals surface area (Å²) < 4.78 is 13.4. The highest BCUT2D eigenvalue weighted by molar-refractivity contribution is 6.06. The van der Waals surface area contributed by atoms with E-state index in [0.717, 1.165) is 16.7 Å². The first-order valence-electron chi connectivity index (χ1n) is 11.5. The molecule has 4 aromatic rings. The predicted octanol–water partition coefficient (Wildman–Crippen LogP) is 6.09. The van der Waals surface area contributed by atoms with Crippen LogP contribution in [-0.2, 0) is 17.8 Å². The van der Waals surface area contributed by atoms with Gasteiger partial charge in [0, 0.05) is 11.3 Å². The lowest BCUT2D eigenvalue weighted by molar-refractivity contribution is -0.121. The summed E-state index contributed by atoms with van der Waals surface area (Å²) in [4.78, 5) is 27.6. The van der Waals surface area contributed by atoms with Crippen molar-refractivity contribution >= 4 is 17.5 Å². The quantitative estimate of drug-likeness (QED) is 0.341. The van der Waals surface area contributed by atoms with E-state index in [0.29, 0.717) is 17.8 Å². The molecule has 1 atom stereocenters. The highest BCUT2D eigenvalue weighted by Gasteiger charge is 2.19. The Morgan fingerprint density at radius 2 is 1.34 bits per heavy atom. The Hall–Kier alpha value is -4.25. The molecule has 0 aliphatic rings. The lowest BCUT2D eigenvalue weighted by Gasteiger charge is -2.23. The molecule has 0 saturated carbocycles. The minimum Gasteiger partial charge on any atom is -0.349 e. The number of anilines is 1. The van der Waals surface area contributed by atoms with Crippen molar-refractivity contribution in [2.24, 2.45) is 0 Å². The van der Waals surface area contributed by atoms with Gasteiger partial charge >= 0.3 is 0 Å². The van der Waals surface area contributed by atoms with Crippen LogP contribution in [0.1, 0.15) is 40.0 Å². The summed E-state index contributed by atoms with van der Waals surface area (Å²) in [5.74, 6) is -0.548. The average molecular weight is 467 g/mol. The summed E-state index contributed by atoms with van der Waals surface area (Å²) in [6.45, 7) is 2.25. The van der Waals surface area contributed by atoms with Gasteiger partial charge in [-0.05, 0) is 60.0 Å². The van der Waals surface area contributed by atoms with Crippen LogP contribution < -0.4 is 10.2 Å². The van der Waals surface area contributed by atoms with Crippen molar-refractivity contribution < 1.29 is 14.0 Å². The summed E-state index contributed by atoms with van der Waals surface area (Å²) in [5.41, 5.74) is 3.97. The molecule has 4 nitrogen and oxygen atoms in total. The second kappa shape index (κ2) is 11.3. The van der Waals surface area contributed by atoms with Crippen LogP contribution in [0.3, 0.4) is 0 Å². The lowest BCUT2D eigenvalue weighted by Crippen LogP contribution is -2.30. The number of amides is 2. The second-order valence-corrected chi connectivity index (χ2v) is 8.43. The fourth-order valence-corrected chi connectivity index (χ4v) is 3.89. The van der Waals surface area contributed by atoms with Crippen molar-refractivity contribution in [1.82, 2.24) is 5.32 Å². The zero-order chi connectivity index (χ0) is 24.6. The van der Waals surface area contributed by atoms with E-state index >= 15 is 0 Å². The van der Waals surface area contributed by atoms with Crippen LogP contribution >= 0.6 is 0 Å². The highest BCUT2D eigenvalue weighted by Crippen LogP contribution is 2.22. The Morgan fingerprint density at radius 1 is 0.771 bits per heavy atom. The van der Waals surface area contributed by atoms with Gasteiger partial charge in [0.1, 0.15) is 5.82 Å². The molecule has 4 aromatic carbocycles. The molecule has 4 rings (SSSR count). The number of benzene rings is 4. The maximum atomic E-state index is 13.4. The minimum atomic E-state index is -0.320. The standard InChI is InChI=1S/C30H27FN2O2/c1-22(25-8-4-2-5-9-25)32-29(34)20-23-14-18-28(19-15-23)33(21-24-12-16-27(31)17-13-24)30(35)26-10-6-3-7-11-26/h2-19,22H,20-21H2,1H3,(H,32,34)/t22-/m1/s1. The third-order valence-corrected chi connectivity index (χ3v) is 5.81. The largest absolute Gasteiger partial charge is 0.349 e. The van der Waals surface area contributed by atoms with E-state index in [1.165, 1.54) is 12.1 Å². The van der Waals surface area contributed by atoms with Gasteiger partial charge < -0.3 is 10.2 Å². The van der Waals surface area contributed by atoms with Crippen molar-refractivity contribution in [1.29, 1.82) is 0 Å². The van der Waals surface area contributed by atoms with Crippen LogP contribution in [0, 0.1) is 5.82 Å². The maximum absolute atomic E-state index is 13.4. The summed E-state index contributed by atoms with van der Waals surface area (Å²) >= 11 is 0. The van der Waals surface area contributed by atoms with Crippen LogP contribution in [0.4, 0.5) is 10.1 Å². The van der Waals surface area contributed by atoms with E-state index in [4.69, 9.17) is 0 Å². The number of nitrogens with one attached hydrogen (secondary N) is 1. The Bertz CT molecular complexity index is 1260. The van der Waals surface area contributed by atoms with Gasteiger partial charge in [0.15, 0.2) is 0 Å². The SMILES string of the molecule is C[C@@H](NC(=O)Cc1ccc(N(Cc2ccc(F)cc2)C(=O)c2ccccc2)cc1)c1ccccc1. The molecule has 35 heavy (non-hydrogen) atoms. The Labute approximate surface area is 205 Å². The van der Waals surface area contributed by atoms with Crippen LogP contribution in [0.5, 0.6) is 0 Å². The molecule has 0 radical (unpaired) electrons. The predicted molar refractivity (Wildman–Crippen MR) is 137 cm³/mol. The fourth-order valence-electron chi connectivity index (χ4n) is 3.89. The maximum Gasteiger partial charge on any atom is 0.258 e. The summed E-state index contributed by atoms with van der Waals surface area (Å²) in [6, 6.07) is 32.3. The van der Waals surface area contributed by atoms with E-state index < -0.39 is 0 Å². The van der Waals surface area contributed by atoms with Crippen LogP contribution in [0.15, 0.2) is 109 Å². The van der Waals surface area contributed by atoms with Gasteiger partial charge in [0.05, 0.1) is 19.0 Å². The lowest BCUT2D eigenvalue weighted by atomic mass is 10.1. The van der Waals surface area contributed by atoms with Gasteiger partial charge in [-0.15, -0.1) is 0 Å². The summed E-state index contributed by atoms with van der Waals surface area (Å²) in [7, 11) is 0. The van der Waals surface area contributed by atoms with Crippen molar-refractivity contribution in [2.75, 3.05) is 4.90 Å². The zero-order valence-corrected chi connectivity index (χ0v) is 19.5. The van der Waals surface area contributed by atoms with Crippen LogP contribution in [0.2, 0.25) is 0 Å². The highest BCUT2D eigenvalue weighted by atomic mass is 19.1. The molecule has 176 valence electrons. The smallest absolute Gasteiger partial charge is 0.258 e. The molecule has 0 spiro atoms. The summed E-state index contributed by atoms with van der Waals surface area (Å²) in [5, 5.41) is 3.02. The van der Waals surface area contributed by atoms with Gasteiger partial charge in [-0.3, -0.25) is 9.59 Å². The minimum absolute atomic E-state index is 0.0716. The molecule has 5 heteroatoms. The number of nitrogens with zero attached hydrogens (tertiary/aromatic N) is 1. The zero-order valence-electron chi connectivity index (χ0n) is 19.5. The third kappa shape index (κ3) is 6.42. The molecule has 0 bridgehead atoms. The Morgan fingerprint density at radius 3 is 1.97 bits per heavy atom. The fraction of sp³-hybridized carbons (Fsp3) is 0.133. The first-order chi connectivity index (χ1) is 17.0. The average Bonchev–Trinajstić information content (AvgIpc) is 2.89.